The molecule has 0 aliphatic rings. The largest absolute Gasteiger partial charge is 0.396 e. The zero-order chi connectivity index (χ0) is 11.5. The topological polar surface area (TPSA) is 32.3 Å². The van der Waals surface area contributed by atoms with Crippen LogP contribution in [0.4, 0.5) is 5.69 Å². The number of rotatable bonds is 4. The monoisotopic (exact) mass is 207 g/mol. The maximum absolute atomic E-state index is 9.13. The Hall–Kier alpha value is -1.02. The van der Waals surface area contributed by atoms with Crippen molar-refractivity contribution in [3.8, 4) is 0 Å². The van der Waals surface area contributed by atoms with Crippen LogP contribution in [0.5, 0.6) is 0 Å². The summed E-state index contributed by atoms with van der Waals surface area (Å²) in [6.45, 7) is 9.29. The van der Waals surface area contributed by atoms with Crippen LogP contribution in [-0.2, 0) is 0 Å². The van der Waals surface area contributed by atoms with E-state index < -0.39 is 0 Å². The van der Waals surface area contributed by atoms with E-state index in [1.165, 1.54) is 11.1 Å². The van der Waals surface area contributed by atoms with Crippen molar-refractivity contribution >= 4 is 5.69 Å². The van der Waals surface area contributed by atoms with Crippen molar-refractivity contribution in [2.75, 3.05) is 18.5 Å². The highest BCUT2D eigenvalue weighted by Crippen LogP contribution is 2.18. The molecular formula is C13H21NO. The van der Waals surface area contributed by atoms with Crippen molar-refractivity contribution < 1.29 is 5.11 Å². The summed E-state index contributed by atoms with van der Waals surface area (Å²) in [6.07, 6.45) is 0. The summed E-state index contributed by atoms with van der Waals surface area (Å²) in [5.41, 5.74) is 3.65. The molecule has 0 saturated heterocycles. The van der Waals surface area contributed by atoms with Crippen LogP contribution >= 0.6 is 0 Å². The molecule has 84 valence electrons. The Morgan fingerprint density at radius 2 is 1.87 bits per heavy atom. The molecule has 0 radical (unpaired) electrons. The Balaban J connectivity index is 2.62. The normalized spacial score (nSPS) is 11.5. The Morgan fingerprint density at radius 1 is 1.20 bits per heavy atom. The van der Waals surface area contributed by atoms with Crippen molar-refractivity contribution in [3.63, 3.8) is 0 Å². The van der Waals surface area contributed by atoms with Crippen LogP contribution in [-0.4, -0.2) is 18.3 Å². The molecule has 0 fully saturated rings. The van der Waals surface area contributed by atoms with E-state index in [2.05, 4.69) is 37.4 Å². The molecule has 2 N–H and O–H groups in total. The second kappa shape index (κ2) is 4.67. The third-order valence-corrected chi connectivity index (χ3v) is 2.71. The minimum Gasteiger partial charge on any atom is -0.396 e. The zero-order valence-electron chi connectivity index (χ0n) is 10.1. The first-order chi connectivity index (χ1) is 6.94. The van der Waals surface area contributed by atoms with Crippen molar-refractivity contribution in [2.45, 2.75) is 27.7 Å². The molecule has 0 atom stereocenters. The van der Waals surface area contributed by atoms with E-state index in [0.29, 0.717) is 0 Å². The second-order valence-corrected chi connectivity index (χ2v) is 4.97. The van der Waals surface area contributed by atoms with Gasteiger partial charge >= 0.3 is 0 Å². The van der Waals surface area contributed by atoms with Gasteiger partial charge in [0.1, 0.15) is 0 Å². The molecule has 0 spiro atoms. The Bertz CT molecular complexity index is 331. The first-order valence-corrected chi connectivity index (χ1v) is 5.36. The maximum atomic E-state index is 9.13. The molecule has 0 amide bonds. The molecular weight excluding hydrogens is 186 g/mol. The average molecular weight is 207 g/mol. The van der Waals surface area contributed by atoms with Crippen LogP contribution in [0.25, 0.3) is 0 Å². The van der Waals surface area contributed by atoms with Gasteiger partial charge < -0.3 is 10.4 Å². The van der Waals surface area contributed by atoms with E-state index in [4.69, 9.17) is 5.11 Å². The van der Waals surface area contributed by atoms with Gasteiger partial charge in [0.25, 0.3) is 0 Å². The first-order valence-electron chi connectivity index (χ1n) is 5.36. The van der Waals surface area contributed by atoms with Gasteiger partial charge in [0.2, 0.25) is 0 Å². The molecule has 15 heavy (non-hydrogen) atoms. The fraction of sp³-hybridized carbons (Fsp3) is 0.538. The van der Waals surface area contributed by atoms with Crippen LogP contribution in [0, 0.1) is 19.3 Å². The molecule has 2 nitrogen and oxygen atoms in total. The number of aliphatic hydroxyl groups is 1. The lowest BCUT2D eigenvalue weighted by atomic mass is 9.95. The molecule has 1 rings (SSSR count). The summed E-state index contributed by atoms with van der Waals surface area (Å²) in [6, 6.07) is 6.34. The van der Waals surface area contributed by atoms with Gasteiger partial charge in [-0.2, -0.15) is 0 Å². The van der Waals surface area contributed by atoms with Gasteiger partial charge in [0, 0.05) is 24.3 Å². The van der Waals surface area contributed by atoms with Crippen LogP contribution in [0.2, 0.25) is 0 Å². The number of aryl methyl sites for hydroxylation is 2. The third kappa shape index (κ3) is 3.56. The third-order valence-electron chi connectivity index (χ3n) is 2.71. The molecule has 2 heteroatoms. The lowest BCUT2D eigenvalue weighted by Gasteiger charge is -2.22. The molecule has 0 unspecified atom stereocenters. The summed E-state index contributed by atoms with van der Waals surface area (Å²) < 4.78 is 0. The molecule has 1 aromatic rings. The lowest BCUT2D eigenvalue weighted by Crippen LogP contribution is -2.26. The molecule has 0 saturated carbocycles. The first kappa shape index (κ1) is 12.1. The minimum atomic E-state index is -0.0706. The van der Waals surface area contributed by atoms with Crippen molar-refractivity contribution in [1.82, 2.24) is 0 Å². The molecule has 0 aromatic heterocycles. The van der Waals surface area contributed by atoms with Gasteiger partial charge in [0.15, 0.2) is 0 Å². The zero-order valence-corrected chi connectivity index (χ0v) is 10.1. The highest BCUT2D eigenvalue weighted by atomic mass is 16.3. The lowest BCUT2D eigenvalue weighted by molar-refractivity contribution is 0.171. The molecule has 0 aliphatic heterocycles. The van der Waals surface area contributed by atoms with Gasteiger partial charge in [-0.1, -0.05) is 19.9 Å². The van der Waals surface area contributed by atoms with Gasteiger partial charge in [-0.05, 0) is 37.1 Å². The van der Waals surface area contributed by atoms with Crippen LogP contribution in [0.15, 0.2) is 18.2 Å². The van der Waals surface area contributed by atoms with E-state index in [1.807, 2.05) is 13.8 Å². The van der Waals surface area contributed by atoms with Crippen LogP contribution in [0.3, 0.4) is 0 Å². The van der Waals surface area contributed by atoms with Gasteiger partial charge in [-0.3, -0.25) is 0 Å². The number of anilines is 1. The predicted octanol–water partition coefficient (Wildman–Crippen LogP) is 2.73. The molecule has 0 bridgehead atoms. The average Bonchev–Trinajstić information content (AvgIpc) is 2.20. The second-order valence-electron chi connectivity index (χ2n) is 4.97. The Kier molecular flexibility index (Phi) is 3.75. The number of hydrogen-bond acceptors (Lipinski definition) is 2. The summed E-state index contributed by atoms with van der Waals surface area (Å²) in [5.74, 6) is 0. The molecule has 0 aliphatic carbocycles. The molecule has 0 heterocycles. The SMILES string of the molecule is Cc1ccc(NCC(C)(C)CO)cc1C. The highest BCUT2D eigenvalue weighted by Gasteiger charge is 2.15. The highest BCUT2D eigenvalue weighted by molar-refractivity contribution is 5.48. The summed E-state index contributed by atoms with van der Waals surface area (Å²) in [7, 11) is 0. The van der Waals surface area contributed by atoms with E-state index in [1.54, 1.807) is 0 Å². The standard InChI is InChI=1S/C13H21NO/c1-10-5-6-12(7-11(10)2)14-8-13(3,4)9-15/h5-7,14-15H,8-9H2,1-4H3. The number of nitrogens with one attached hydrogen (secondary N) is 1. The fourth-order valence-electron chi connectivity index (χ4n) is 1.25. The van der Waals surface area contributed by atoms with Crippen molar-refractivity contribution in [2.24, 2.45) is 5.41 Å². The fourth-order valence-corrected chi connectivity index (χ4v) is 1.25. The quantitative estimate of drug-likeness (QED) is 0.795. The van der Waals surface area contributed by atoms with Gasteiger partial charge in [-0.25, -0.2) is 0 Å². The van der Waals surface area contributed by atoms with Crippen molar-refractivity contribution in [1.29, 1.82) is 0 Å². The van der Waals surface area contributed by atoms with E-state index in [9.17, 15) is 0 Å². The number of benzene rings is 1. The summed E-state index contributed by atoms with van der Waals surface area (Å²) in [4.78, 5) is 0. The molecule has 1 aromatic carbocycles. The summed E-state index contributed by atoms with van der Waals surface area (Å²) in [5, 5.41) is 12.5. The minimum absolute atomic E-state index is 0.0706. The Labute approximate surface area is 92.3 Å². The van der Waals surface area contributed by atoms with E-state index >= 15 is 0 Å². The van der Waals surface area contributed by atoms with E-state index in [0.717, 1.165) is 12.2 Å². The maximum Gasteiger partial charge on any atom is 0.0498 e. The van der Waals surface area contributed by atoms with Gasteiger partial charge in [-0.15, -0.1) is 0 Å². The van der Waals surface area contributed by atoms with Crippen molar-refractivity contribution in [3.05, 3.63) is 29.3 Å². The number of hydrogen-bond donors (Lipinski definition) is 2. The van der Waals surface area contributed by atoms with E-state index in [-0.39, 0.29) is 12.0 Å². The number of aliphatic hydroxyl groups excluding tert-OH is 1. The smallest absolute Gasteiger partial charge is 0.0498 e. The van der Waals surface area contributed by atoms with Gasteiger partial charge in [0.05, 0.1) is 0 Å². The van der Waals surface area contributed by atoms with Crippen LogP contribution < -0.4 is 5.32 Å². The summed E-state index contributed by atoms with van der Waals surface area (Å²) >= 11 is 0. The Morgan fingerprint density at radius 3 is 2.40 bits per heavy atom. The van der Waals surface area contributed by atoms with Crippen LogP contribution in [0.1, 0.15) is 25.0 Å². The predicted molar refractivity (Wildman–Crippen MR) is 65.3 cm³/mol.